The van der Waals surface area contributed by atoms with Gasteiger partial charge in [0.2, 0.25) is 0 Å². The second kappa shape index (κ2) is 7.35. The molecule has 96 valence electrons. The highest BCUT2D eigenvalue weighted by Gasteiger charge is 2.11. The molecule has 0 atom stereocenters. The minimum absolute atomic E-state index is 0.0284. The topological polar surface area (TPSA) is 23.5 Å². The van der Waals surface area contributed by atoms with Gasteiger partial charge in [-0.25, -0.2) is 8.78 Å². The highest BCUT2D eigenvalue weighted by molar-refractivity contribution is 5.18. The third kappa shape index (κ3) is 4.40. The molecule has 0 aliphatic rings. The van der Waals surface area contributed by atoms with Crippen LogP contribution in [0.15, 0.2) is 18.2 Å². The normalized spacial score (nSPS) is 11.1. The van der Waals surface area contributed by atoms with E-state index in [0.717, 1.165) is 25.5 Å². The van der Waals surface area contributed by atoms with Crippen LogP contribution >= 0.6 is 0 Å². The molecular weight excluding hydrogens is 224 g/mol. The molecule has 0 radical (unpaired) electrons. The molecule has 1 aromatic carbocycles. The molecule has 0 amide bonds. The Morgan fingerprint density at radius 1 is 1.24 bits per heavy atom. The number of hydrogen-bond acceptors (Lipinski definition) is 2. The quantitative estimate of drug-likeness (QED) is 0.795. The van der Waals surface area contributed by atoms with E-state index in [1.807, 2.05) is 4.90 Å². The second-order valence-corrected chi connectivity index (χ2v) is 4.07. The minimum atomic E-state index is -0.818. The maximum absolute atomic E-state index is 13.5. The summed E-state index contributed by atoms with van der Waals surface area (Å²) < 4.78 is 26.5. The van der Waals surface area contributed by atoms with Gasteiger partial charge in [0.1, 0.15) is 0 Å². The molecule has 17 heavy (non-hydrogen) atoms. The molecule has 0 heterocycles. The van der Waals surface area contributed by atoms with Crippen molar-refractivity contribution in [2.75, 3.05) is 19.7 Å². The Bertz CT molecular complexity index is 344. The molecule has 2 nitrogen and oxygen atoms in total. The molecule has 0 aromatic heterocycles. The summed E-state index contributed by atoms with van der Waals surface area (Å²) in [5.74, 6) is -1.60. The molecule has 0 saturated heterocycles. The van der Waals surface area contributed by atoms with Crippen molar-refractivity contribution in [2.45, 2.75) is 26.3 Å². The largest absolute Gasteiger partial charge is 0.395 e. The van der Waals surface area contributed by atoms with Gasteiger partial charge in [-0.2, -0.15) is 0 Å². The fourth-order valence-electron chi connectivity index (χ4n) is 1.70. The first-order chi connectivity index (χ1) is 8.19. The van der Waals surface area contributed by atoms with E-state index in [2.05, 4.69) is 6.92 Å². The molecule has 0 spiro atoms. The molecule has 1 rings (SSSR count). The summed E-state index contributed by atoms with van der Waals surface area (Å²) in [6.45, 7) is 3.70. The molecule has 0 aliphatic heterocycles. The molecule has 0 aliphatic carbocycles. The van der Waals surface area contributed by atoms with Crippen molar-refractivity contribution < 1.29 is 13.9 Å². The van der Waals surface area contributed by atoms with Crippen molar-refractivity contribution in [3.63, 3.8) is 0 Å². The zero-order chi connectivity index (χ0) is 12.7. The average molecular weight is 243 g/mol. The van der Waals surface area contributed by atoms with E-state index in [1.165, 1.54) is 6.07 Å². The molecule has 0 bridgehead atoms. The maximum atomic E-state index is 13.5. The fraction of sp³-hybridized carbons (Fsp3) is 0.538. The Kier molecular flexibility index (Phi) is 6.08. The van der Waals surface area contributed by atoms with Crippen molar-refractivity contribution in [3.8, 4) is 0 Å². The van der Waals surface area contributed by atoms with Crippen LogP contribution in [0.4, 0.5) is 8.78 Å². The molecular formula is C13H19F2NO. The predicted molar refractivity (Wildman–Crippen MR) is 63.6 cm³/mol. The Balaban J connectivity index is 2.67. The van der Waals surface area contributed by atoms with E-state index in [0.29, 0.717) is 18.7 Å². The predicted octanol–water partition coefficient (Wildman–Crippen LogP) is 2.56. The van der Waals surface area contributed by atoms with Crippen LogP contribution in [0.2, 0.25) is 0 Å². The lowest BCUT2D eigenvalue weighted by atomic mass is 10.2. The SMILES string of the molecule is CCCCN(CCO)Cc1cccc(F)c1F. The van der Waals surface area contributed by atoms with E-state index in [4.69, 9.17) is 5.11 Å². The Hall–Kier alpha value is -1.00. The Labute approximate surface area is 101 Å². The average Bonchev–Trinajstić information content (AvgIpc) is 2.32. The van der Waals surface area contributed by atoms with Crippen LogP contribution in [0.25, 0.3) is 0 Å². The summed E-state index contributed by atoms with van der Waals surface area (Å²) in [4.78, 5) is 1.93. The van der Waals surface area contributed by atoms with Gasteiger partial charge in [-0.3, -0.25) is 4.90 Å². The van der Waals surface area contributed by atoms with E-state index < -0.39 is 11.6 Å². The number of hydrogen-bond donors (Lipinski definition) is 1. The molecule has 1 aromatic rings. The third-order valence-electron chi connectivity index (χ3n) is 2.67. The summed E-state index contributed by atoms with van der Waals surface area (Å²) in [5, 5.41) is 8.93. The Morgan fingerprint density at radius 2 is 2.00 bits per heavy atom. The summed E-state index contributed by atoms with van der Waals surface area (Å²) in [6.07, 6.45) is 2.02. The van der Waals surface area contributed by atoms with Gasteiger partial charge in [0.25, 0.3) is 0 Å². The van der Waals surface area contributed by atoms with E-state index in [9.17, 15) is 8.78 Å². The van der Waals surface area contributed by atoms with Crippen molar-refractivity contribution in [1.29, 1.82) is 0 Å². The number of unbranched alkanes of at least 4 members (excludes halogenated alkanes) is 1. The lowest BCUT2D eigenvalue weighted by Gasteiger charge is -2.21. The molecule has 1 N–H and O–H groups in total. The maximum Gasteiger partial charge on any atom is 0.163 e. The van der Waals surface area contributed by atoms with Gasteiger partial charge in [0, 0.05) is 18.7 Å². The van der Waals surface area contributed by atoms with Gasteiger partial charge in [0.15, 0.2) is 11.6 Å². The van der Waals surface area contributed by atoms with Crippen LogP contribution in [0, 0.1) is 11.6 Å². The van der Waals surface area contributed by atoms with Gasteiger partial charge in [0.05, 0.1) is 6.61 Å². The highest BCUT2D eigenvalue weighted by Crippen LogP contribution is 2.14. The minimum Gasteiger partial charge on any atom is -0.395 e. The van der Waals surface area contributed by atoms with Gasteiger partial charge in [-0.1, -0.05) is 25.5 Å². The zero-order valence-electron chi connectivity index (χ0n) is 10.1. The first-order valence-electron chi connectivity index (χ1n) is 5.95. The van der Waals surface area contributed by atoms with E-state index >= 15 is 0 Å². The van der Waals surface area contributed by atoms with Gasteiger partial charge >= 0.3 is 0 Å². The first-order valence-corrected chi connectivity index (χ1v) is 5.95. The van der Waals surface area contributed by atoms with Crippen LogP contribution < -0.4 is 0 Å². The monoisotopic (exact) mass is 243 g/mol. The lowest BCUT2D eigenvalue weighted by molar-refractivity contribution is 0.186. The van der Waals surface area contributed by atoms with E-state index in [-0.39, 0.29) is 6.61 Å². The smallest absolute Gasteiger partial charge is 0.163 e. The zero-order valence-corrected chi connectivity index (χ0v) is 10.1. The van der Waals surface area contributed by atoms with Crippen molar-refractivity contribution in [3.05, 3.63) is 35.4 Å². The third-order valence-corrected chi connectivity index (χ3v) is 2.67. The Morgan fingerprint density at radius 3 is 2.65 bits per heavy atom. The number of aliphatic hydroxyl groups excluding tert-OH is 1. The summed E-state index contributed by atoms with van der Waals surface area (Å²) in [6, 6.07) is 4.20. The number of rotatable bonds is 7. The van der Waals surface area contributed by atoms with Crippen molar-refractivity contribution >= 4 is 0 Å². The van der Waals surface area contributed by atoms with Crippen LogP contribution in [0.1, 0.15) is 25.3 Å². The van der Waals surface area contributed by atoms with Crippen LogP contribution in [0.5, 0.6) is 0 Å². The van der Waals surface area contributed by atoms with Gasteiger partial charge in [-0.15, -0.1) is 0 Å². The number of halogens is 2. The molecule has 0 saturated carbocycles. The molecule has 0 unspecified atom stereocenters. The van der Waals surface area contributed by atoms with E-state index in [1.54, 1.807) is 6.07 Å². The molecule has 0 fully saturated rings. The summed E-state index contributed by atoms with van der Waals surface area (Å²) in [7, 11) is 0. The van der Waals surface area contributed by atoms with Gasteiger partial charge < -0.3 is 5.11 Å². The number of nitrogens with zero attached hydrogens (tertiary/aromatic N) is 1. The van der Waals surface area contributed by atoms with Crippen molar-refractivity contribution in [1.82, 2.24) is 4.90 Å². The number of benzene rings is 1. The first kappa shape index (κ1) is 14.1. The molecule has 4 heteroatoms. The van der Waals surface area contributed by atoms with Crippen molar-refractivity contribution in [2.24, 2.45) is 0 Å². The highest BCUT2D eigenvalue weighted by atomic mass is 19.2. The van der Waals surface area contributed by atoms with Gasteiger partial charge in [-0.05, 0) is 19.0 Å². The van der Waals surface area contributed by atoms with Crippen LogP contribution in [-0.2, 0) is 6.54 Å². The summed E-state index contributed by atoms with van der Waals surface area (Å²) in [5.41, 5.74) is 0.342. The number of aliphatic hydroxyl groups is 1. The fourth-order valence-corrected chi connectivity index (χ4v) is 1.70. The lowest BCUT2D eigenvalue weighted by Crippen LogP contribution is -2.28. The second-order valence-electron chi connectivity index (χ2n) is 4.07. The van der Waals surface area contributed by atoms with Crippen LogP contribution in [-0.4, -0.2) is 29.7 Å². The summed E-state index contributed by atoms with van der Waals surface area (Å²) >= 11 is 0. The van der Waals surface area contributed by atoms with Crippen LogP contribution in [0.3, 0.4) is 0 Å². The standard InChI is InChI=1S/C13H19F2NO/c1-2-3-7-16(8-9-17)10-11-5-4-6-12(14)13(11)15/h4-6,17H,2-3,7-10H2,1H3.